The van der Waals surface area contributed by atoms with E-state index in [1.54, 1.807) is 12.1 Å². The lowest BCUT2D eigenvalue weighted by molar-refractivity contribution is 0.474. The van der Waals surface area contributed by atoms with Gasteiger partial charge < -0.3 is 5.11 Å². The largest absolute Gasteiger partial charge is 0.508 e. The third-order valence-corrected chi connectivity index (χ3v) is 5.46. The zero-order chi connectivity index (χ0) is 19.7. The second-order valence-electron chi connectivity index (χ2n) is 7.06. The normalized spacial score (nSPS) is 14.8. The Morgan fingerprint density at radius 1 is 0.893 bits per heavy atom. The van der Waals surface area contributed by atoms with E-state index in [1.165, 1.54) is 5.56 Å². The maximum atomic E-state index is 11.6. The number of hydrogen-bond acceptors (Lipinski definition) is 3. The number of anilines is 1. The van der Waals surface area contributed by atoms with Gasteiger partial charge in [0.25, 0.3) is 0 Å². The molecular formula is C23H21NO3S. The van der Waals surface area contributed by atoms with Crippen molar-refractivity contribution in [3.8, 4) is 5.75 Å². The molecule has 0 spiro atoms. The quantitative estimate of drug-likeness (QED) is 0.693. The van der Waals surface area contributed by atoms with Gasteiger partial charge in [-0.1, -0.05) is 42.5 Å². The molecule has 0 aromatic heterocycles. The third kappa shape index (κ3) is 3.94. The Morgan fingerprint density at radius 2 is 1.64 bits per heavy atom. The fraction of sp³-hybridized carbons (Fsp3) is 0.130. The van der Waals surface area contributed by atoms with Crippen LogP contribution in [0.2, 0.25) is 0 Å². The Balaban J connectivity index is 1.88. The Morgan fingerprint density at radius 3 is 2.46 bits per heavy atom. The summed E-state index contributed by atoms with van der Waals surface area (Å²) in [6.07, 6.45) is 4.98. The molecular weight excluding hydrogens is 370 g/mol. The van der Waals surface area contributed by atoms with E-state index in [-0.39, 0.29) is 5.75 Å². The second-order valence-corrected chi connectivity index (χ2v) is 8.80. The molecule has 0 heterocycles. The van der Waals surface area contributed by atoms with E-state index >= 15 is 0 Å². The zero-order valence-electron chi connectivity index (χ0n) is 15.5. The molecule has 0 unspecified atom stereocenters. The van der Waals surface area contributed by atoms with E-state index in [9.17, 15) is 13.5 Å². The molecule has 0 amide bonds. The first-order chi connectivity index (χ1) is 13.4. The van der Waals surface area contributed by atoms with E-state index in [0.717, 1.165) is 46.9 Å². The van der Waals surface area contributed by atoms with Gasteiger partial charge in [-0.2, -0.15) is 0 Å². The maximum Gasteiger partial charge on any atom is 0.229 e. The average Bonchev–Trinajstić information content (AvgIpc) is 2.78. The van der Waals surface area contributed by atoms with Gasteiger partial charge in [0.2, 0.25) is 10.0 Å². The number of aromatic hydroxyl groups is 1. The number of aryl methyl sites for hydroxylation is 2. The number of sulfonamides is 1. The maximum absolute atomic E-state index is 11.6. The molecule has 5 heteroatoms. The third-order valence-electron chi connectivity index (χ3n) is 4.85. The molecule has 142 valence electrons. The summed E-state index contributed by atoms with van der Waals surface area (Å²) in [4.78, 5) is 0. The van der Waals surface area contributed by atoms with Gasteiger partial charge in [-0.3, -0.25) is 4.72 Å². The number of phenols is 1. The van der Waals surface area contributed by atoms with Crippen LogP contribution in [0.25, 0.3) is 11.6 Å². The molecule has 0 bridgehead atoms. The van der Waals surface area contributed by atoms with Gasteiger partial charge in [0, 0.05) is 5.69 Å². The van der Waals surface area contributed by atoms with Gasteiger partial charge in [0.1, 0.15) is 5.75 Å². The lowest BCUT2D eigenvalue weighted by Gasteiger charge is -2.13. The van der Waals surface area contributed by atoms with Gasteiger partial charge in [0.05, 0.1) is 6.26 Å². The van der Waals surface area contributed by atoms with Gasteiger partial charge >= 0.3 is 0 Å². The van der Waals surface area contributed by atoms with Crippen LogP contribution in [0.15, 0.2) is 66.7 Å². The Labute approximate surface area is 165 Å². The molecule has 4 rings (SSSR count). The van der Waals surface area contributed by atoms with Gasteiger partial charge in [-0.25, -0.2) is 8.42 Å². The molecule has 0 saturated heterocycles. The van der Waals surface area contributed by atoms with Crippen LogP contribution in [0.1, 0.15) is 27.8 Å². The van der Waals surface area contributed by atoms with E-state index in [1.807, 2.05) is 42.5 Å². The molecule has 0 fully saturated rings. The van der Waals surface area contributed by atoms with Crippen LogP contribution < -0.4 is 4.72 Å². The summed E-state index contributed by atoms with van der Waals surface area (Å²) in [6, 6.07) is 21.2. The van der Waals surface area contributed by atoms with E-state index in [0.29, 0.717) is 5.69 Å². The van der Waals surface area contributed by atoms with Crippen LogP contribution in [0.4, 0.5) is 5.69 Å². The highest BCUT2D eigenvalue weighted by Gasteiger charge is 2.18. The van der Waals surface area contributed by atoms with Crippen molar-refractivity contribution in [3.63, 3.8) is 0 Å². The van der Waals surface area contributed by atoms with Crippen molar-refractivity contribution in [1.82, 2.24) is 0 Å². The second kappa shape index (κ2) is 7.17. The standard InChI is InChI=1S/C23H21NO3S/c1-28(26,27)24-19-7-4-5-16(13-19)14-23-21-8-3-2-6-17(21)9-10-18-15-20(25)11-12-22(18)23/h2-8,11-15,24-25H,9-10H2,1H3. The first kappa shape index (κ1) is 18.3. The molecule has 28 heavy (non-hydrogen) atoms. The molecule has 0 radical (unpaired) electrons. The molecule has 1 aliphatic carbocycles. The van der Waals surface area contributed by atoms with Crippen molar-refractivity contribution < 1.29 is 13.5 Å². The monoisotopic (exact) mass is 391 g/mol. The van der Waals surface area contributed by atoms with E-state index in [4.69, 9.17) is 0 Å². The van der Waals surface area contributed by atoms with Gasteiger partial charge in [-0.15, -0.1) is 0 Å². The van der Waals surface area contributed by atoms with Crippen molar-refractivity contribution in [1.29, 1.82) is 0 Å². The van der Waals surface area contributed by atoms with Crippen LogP contribution in [-0.4, -0.2) is 19.8 Å². The Kier molecular flexibility index (Phi) is 4.69. The van der Waals surface area contributed by atoms with Crippen LogP contribution in [-0.2, 0) is 22.9 Å². The number of rotatable bonds is 3. The highest BCUT2D eigenvalue weighted by atomic mass is 32.2. The number of phenolic OH excluding ortho intramolecular Hbond substituents is 1. The lowest BCUT2D eigenvalue weighted by atomic mass is 9.92. The minimum Gasteiger partial charge on any atom is -0.508 e. The predicted molar refractivity (Wildman–Crippen MR) is 114 cm³/mol. The molecule has 0 saturated carbocycles. The first-order valence-corrected chi connectivity index (χ1v) is 11.0. The molecule has 1 aliphatic rings. The van der Waals surface area contributed by atoms with Crippen LogP contribution >= 0.6 is 0 Å². The number of hydrogen-bond donors (Lipinski definition) is 2. The molecule has 3 aromatic rings. The molecule has 0 aliphatic heterocycles. The SMILES string of the molecule is CS(=O)(=O)Nc1cccc(C=C2c3ccccc3CCc3cc(O)ccc32)c1. The average molecular weight is 391 g/mol. The summed E-state index contributed by atoms with van der Waals surface area (Å²) in [7, 11) is -3.33. The predicted octanol–water partition coefficient (Wildman–Crippen LogP) is 4.45. The zero-order valence-corrected chi connectivity index (χ0v) is 16.3. The van der Waals surface area contributed by atoms with Crippen molar-refractivity contribution in [3.05, 3.63) is 94.5 Å². The Hall–Kier alpha value is -3.05. The summed E-state index contributed by atoms with van der Waals surface area (Å²) >= 11 is 0. The molecule has 4 nitrogen and oxygen atoms in total. The fourth-order valence-electron chi connectivity index (χ4n) is 3.69. The van der Waals surface area contributed by atoms with Gasteiger partial charge in [-0.05, 0) is 76.6 Å². The number of nitrogens with one attached hydrogen (secondary N) is 1. The van der Waals surface area contributed by atoms with E-state index < -0.39 is 10.0 Å². The molecule has 2 N–H and O–H groups in total. The molecule has 3 aromatic carbocycles. The number of benzene rings is 3. The minimum absolute atomic E-state index is 0.267. The first-order valence-electron chi connectivity index (χ1n) is 9.09. The highest BCUT2D eigenvalue weighted by Crippen LogP contribution is 2.36. The summed E-state index contributed by atoms with van der Waals surface area (Å²) in [5, 5.41) is 9.93. The Bertz CT molecular complexity index is 1180. The lowest BCUT2D eigenvalue weighted by Crippen LogP contribution is -2.09. The van der Waals surface area contributed by atoms with Crippen molar-refractivity contribution >= 4 is 27.4 Å². The highest BCUT2D eigenvalue weighted by molar-refractivity contribution is 7.92. The summed E-state index contributed by atoms with van der Waals surface area (Å²) in [6.45, 7) is 0. The smallest absolute Gasteiger partial charge is 0.229 e. The van der Waals surface area contributed by atoms with Crippen LogP contribution in [0.5, 0.6) is 5.75 Å². The van der Waals surface area contributed by atoms with Crippen molar-refractivity contribution in [2.75, 3.05) is 11.0 Å². The summed E-state index contributed by atoms with van der Waals surface area (Å²) < 4.78 is 25.6. The van der Waals surface area contributed by atoms with Crippen molar-refractivity contribution in [2.45, 2.75) is 12.8 Å². The summed E-state index contributed by atoms with van der Waals surface area (Å²) in [5.41, 5.74) is 7.11. The van der Waals surface area contributed by atoms with Gasteiger partial charge in [0.15, 0.2) is 0 Å². The van der Waals surface area contributed by atoms with Crippen LogP contribution in [0.3, 0.4) is 0 Å². The minimum atomic E-state index is -3.33. The number of fused-ring (bicyclic) bond motifs is 2. The fourth-order valence-corrected chi connectivity index (χ4v) is 4.25. The topological polar surface area (TPSA) is 66.4 Å². The van der Waals surface area contributed by atoms with E-state index in [2.05, 4.69) is 22.9 Å². The van der Waals surface area contributed by atoms with Crippen molar-refractivity contribution in [2.24, 2.45) is 0 Å². The molecule has 0 atom stereocenters. The summed E-state index contributed by atoms with van der Waals surface area (Å²) in [5.74, 6) is 0.267. The van der Waals surface area contributed by atoms with Crippen LogP contribution in [0, 0.1) is 0 Å².